The van der Waals surface area contributed by atoms with Gasteiger partial charge < -0.3 is 14.6 Å². The van der Waals surface area contributed by atoms with Crippen molar-refractivity contribution in [1.29, 1.82) is 5.26 Å². The van der Waals surface area contributed by atoms with Gasteiger partial charge in [-0.25, -0.2) is 9.97 Å². The summed E-state index contributed by atoms with van der Waals surface area (Å²) in [5.41, 5.74) is 3.95. The van der Waals surface area contributed by atoms with E-state index in [0.717, 1.165) is 16.2 Å². The summed E-state index contributed by atoms with van der Waals surface area (Å²) < 4.78 is 8.40. The average Bonchev–Trinajstić information content (AvgIpc) is 3.36. The zero-order chi connectivity index (χ0) is 20.5. The minimum Gasteiger partial charge on any atom is -0.480 e. The number of hydrogen-bond donors (Lipinski definition) is 1. The number of methoxy groups -OCH3 is 1. The Bertz CT molecular complexity index is 1250. The summed E-state index contributed by atoms with van der Waals surface area (Å²) in [6.45, 7) is 0.637. The summed E-state index contributed by atoms with van der Waals surface area (Å²) in [6, 6.07) is 10.7. The second kappa shape index (κ2) is 7.92. The zero-order valence-electron chi connectivity index (χ0n) is 16.8. The van der Waals surface area contributed by atoms with Gasteiger partial charge in [-0.05, 0) is 36.6 Å². The Balaban J connectivity index is 1.40. The largest absolute Gasteiger partial charge is 0.480 e. The lowest BCUT2D eigenvalue weighted by Crippen LogP contribution is -2.21. The van der Waals surface area contributed by atoms with Crippen LogP contribution in [0.4, 0.5) is 5.13 Å². The van der Waals surface area contributed by atoms with Crippen LogP contribution in [0.15, 0.2) is 30.6 Å². The van der Waals surface area contributed by atoms with E-state index in [0.29, 0.717) is 35.2 Å². The van der Waals surface area contributed by atoms with Gasteiger partial charge in [0.15, 0.2) is 10.8 Å². The third kappa shape index (κ3) is 3.57. The molecule has 1 fully saturated rings. The van der Waals surface area contributed by atoms with E-state index in [-0.39, 0.29) is 0 Å². The highest BCUT2D eigenvalue weighted by Gasteiger charge is 2.16. The molecule has 1 saturated carbocycles. The molecule has 5 rings (SSSR count). The molecule has 1 aliphatic carbocycles. The first-order valence-corrected chi connectivity index (χ1v) is 11.0. The molecule has 0 amide bonds. The highest BCUT2D eigenvalue weighted by atomic mass is 32.1. The summed E-state index contributed by atoms with van der Waals surface area (Å²) in [6.07, 6.45) is 8.19. The number of ether oxygens (including phenoxy) is 1. The Kier molecular flexibility index (Phi) is 4.97. The van der Waals surface area contributed by atoms with E-state index >= 15 is 0 Å². The first-order chi connectivity index (χ1) is 14.7. The molecule has 0 bridgehead atoms. The topological polar surface area (TPSA) is 88.7 Å². The summed E-state index contributed by atoms with van der Waals surface area (Å²) in [7, 11) is 1.52. The lowest BCUT2D eigenvalue weighted by Gasteiger charge is -2.22. The number of imidazole rings is 1. The van der Waals surface area contributed by atoms with Gasteiger partial charge >= 0.3 is 0 Å². The monoisotopic (exact) mass is 418 g/mol. The van der Waals surface area contributed by atoms with Crippen LogP contribution in [0.3, 0.4) is 0 Å². The van der Waals surface area contributed by atoms with E-state index in [1.54, 1.807) is 23.7 Å². The van der Waals surface area contributed by atoms with Gasteiger partial charge in [0.05, 0.1) is 30.2 Å². The van der Waals surface area contributed by atoms with Crippen LogP contribution in [0.25, 0.3) is 21.4 Å². The number of nitrogens with zero attached hydrogens (tertiary/aromatic N) is 5. The molecule has 3 aromatic heterocycles. The minimum absolute atomic E-state index is 0.322. The number of hydrogen-bond acceptors (Lipinski definition) is 7. The molecule has 1 aromatic carbocycles. The normalized spacial score (nSPS) is 14.8. The lowest BCUT2D eigenvalue weighted by molar-refractivity contribution is 0.397. The number of benzene rings is 1. The van der Waals surface area contributed by atoms with Crippen molar-refractivity contribution in [2.45, 2.75) is 44.7 Å². The molecule has 7 nitrogen and oxygen atoms in total. The second-order valence-electron chi connectivity index (χ2n) is 7.67. The van der Waals surface area contributed by atoms with Crippen LogP contribution in [0, 0.1) is 11.3 Å². The Morgan fingerprint density at radius 2 is 2.07 bits per heavy atom. The van der Waals surface area contributed by atoms with E-state index in [4.69, 9.17) is 9.72 Å². The van der Waals surface area contributed by atoms with Crippen LogP contribution in [-0.2, 0) is 6.54 Å². The van der Waals surface area contributed by atoms with Crippen LogP contribution in [-0.4, -0.2) is 32.7 Å². The second-order valence-corrected chi connectivity index (χ2v) is 8.70. The van der Waals surface area contributed by atoms with Crippen LogP contribution in [0.2, 0.25) is 0 Å². The molecule has 0 saturated heterocycles. The number of rotatable bonds is 5. The fourth-order valence-electron chi connectivity index (χ4n) is 4.07. The van der Waals surface area contributed by atoms with Gasteiger partial charge in [-0.1, -0.05) is 36.7 Å². The van der Waals surface area contributed by atoms with E-state index in [9.17, 15) is 5.26 Å². The molecule has 30 heavy (non-hydrogen) atoms. The number of pyridine rings is 1. The standard InChI is InChI=1S/C22H22N6OS/c1-29-21-15(11-23)10-18-20(27-21)28(13-24-18)12-14-7-8-17-19(9-14)30-22(26-17)25-16-5-3-2-4-6-16/h7-10,13,16H,2-6,12H2,1H3,(H,25,26). The fraction of sp³-hybridized carbons (Fsp3) is 0.364. The lowest BCUT2D eigenvalue weighted by atomic mass is 9.96. The zero-order valence-corrected chi connectivity index (χ0v) is 17.6. The van der Waals surface area contributed by atoms with Gasteiger partial charge in [0.2, 0.25) is 5.88 Å². The van der Waals surface area contributed by atoms with Gasteiger partial charge in [0.1, 0.15) is 17.1 Å². The number of fused-ring (bicyclic) bond motifs is 2. The van der Waals surface area contributed by atoms with Crippen molar-refractivity contribution in [3.05, 3.63) is 41.7 Å². The molecule has 4 aromatic rings. The average molecular weight is 419 g/mol. The van der Waals surface area contributed by atoms with Gasteiger partial charge in [0, 0.05) is 6.04 Å². The molecule has 0 unspecified atom stereocenters. The first kappa shape index (κ1) is 18.8. The molecular weight excluding hydrogens is 396 g/mol. The summed E-state index contributed by atoms with van der Waals surface area (Å²) >= 11 is 1.71. The number of anilines is 1. The molecular formula is C22H22N6OS. The number of nitrogens with one attached hydrogen (secondary N) is 1. The molecule has 0 radical (unpaired) electrons. The van der Waals surface area contributed by atoms with Gasteiger partial charge in [0.25, 0.3) is 0 Å². The Labute approximate surface area is 178 Å². The van der Waals surface area contributed by atoms with Crippen molar-refractivity contribution in [3.63, 3.8) is 0 Å². The van der Waals surface area contributed by atoms with E-state index in [1.807, 2.05) is 4.57 Å². The predicted molar refractivity (Wildman–Crippen MR) is 118 cm³/mol. The van der Waals surface area contributed by atoms with E-state index < -0.39 is 0 Å². The van der Waals surface area contributed by atoms with Crippen molar-refractivity contribution >= 4 is 37.8 Å². The molecule has 0 aliphatic heterocycles. The molecule has 0 spiro atoms. The van der Waals surface area contributed by atoms with Crippen LogP contribution >= 0.6 is 11.3 Å². The first-order valence-electron chi connectivity index (χ1n) is 10.2. The van der Waals surface area contributed by atoms with Crippen molar-refractivity contribution in [2.75, 3.05) is 12.4 Å². The fourth-order valence-corrected chi connectivity index (χ4v) is 5.07. The van der Waals surface area contributed by atoms with E-state index in [1.165, 1.54) is 43.9 Å². The van der Waals surface area contributed by atoms with Crippen molar-refractivity contribution in [3.8, 4) is 11.9 Å². The molecule has 1 aliphatic rings. The van der Waals surface area contributed by atoms with Crippen LogP contribution in [0.5, 0.6) is 5.88 Å². The third-order valence-electron chi connectivity index (χ3n) is 5.61. The summed E-state index contributed by atoms with van der Waals surface area (Å²) in [5, 5.41) is 13.9. The van der Waals surface area contributed by atoms with Gasteiger partial charge in [-0.3, -0.25) is 0 Å². The third-order valence-corrected chi connectivity index (χ3v) is 6.56. The SMILES string of the molecule is COc1nc2c(cc1C#N)ncn2Cc1ccc2nc(NC3CCCCC3)sc2c1. The van der Waals surface area contributed by atoms with Gasteiger partial charge in [-0.2, -0.15) is 10.2 Å². The predicted octanol–water partition coefficient (Wildman–Crippen LogP) is 4.71. The van der Waals surface area contributed by atoms with Crippen molar-refractivity contribution in [2.24, 2.45) is 0 Å². The number of thiazole rings is 1. The molecule has 1 N–H and O–H groups in total. The van der Waals surface area contributed by atoms with Crippen LogP contribution < -0.4 is 10.1 Å². The Hall–Kier alpha value is -3.18. The minimum atomic E-state index is 0.322. The Morgan fingerprint density at radius 3 is 2.87 bits per heavy atom. The maximum Gasteiger partial charge on any atom is 0.233 e. The van der Waals surface area contributed by atoms with E-state index in [2.05, 4.69) is 39.6 Å². The molecule has 0 atom stereocenters. The Morgan fingerprint density at radius 1 is 1.20 bits per heavy atom. The van der Waals surface area contributed by atoms with Crippen molar-refractivity contribution in [1.82, 2.24) is 19.5 Å². The van der Waals surface area contributed by atoms with Crippen LogP contribution in [0.1, 0.15) is 43.2 Å². The molecule has 8 heteroatoms. The summed E-state index contributed by atoms with van der Waals surface area (Å²) in [4.78, 5) is 13.7. The molecule has 152 valence electrons. The smallest absolute Gasteiger partial charge is 0.233 e. The van der Waals surface area contributed by atoms with Crippen molar-refractivity contribution < 1.29 is 4.74 Å². The number of nitriles is 1. The quantitative estimate of drug-likeness (QED) is 0.505. The van der Waals surface area contributed by atoms with Gasteiger partial charge in [-0.15, -0.1) is 0 Å². The maximum atomic E-state index is 9.24. The maximum absolute atomic E-state index is 9.24. The molecule has 3 heterocycles. The summed E-state index contributed by atoms with van der Waals surface area (Å²) in [5.74, 6) is 0.322. The highest BCUT2D eigenvalue weighted by Crippen LogP contribution is 2.30. The highest BCUT2D eigenvalue weighted by molar-refractivity contribution is 7.22. The number of aromatic nitrogens is 4.